The zero-order valence-corrected chi connectivity index (χ0v) is 12.6. The van der Waals surface area contributed by atoms with E-state index < -0.39 is 0 Å². The lowest BCUT2D eigenvalue weighted by Gasteiger charge is -2.45. The highest BCUT2D eigenvalue weighted by Gasteiger charge is 2.37. The Hall–Kier alpha value is -0.610. The lowest BCUT2D eigenvalue weighted by atomic mass is 9.71. The molecule has 4 fully saturated rings. The first kappa shape index (κ1) is 14.3. The Morgan fingerprint density at radius 3 is 2.45 bits per heavy atom. The van der Waals surface area contributed by atoms with Gasteiger partial charge in [-0.1, -0.05) is 19.3 Å². The second-order valence-corrected chi connectivity index (χ2v) is 7.25. The summed E-state index contributed by atoms with van der Waals surface area (Å²) in [6, 6.07) is 0.392. The smallest absolute Gasteiger partial charge is 0.220 e. The number of nitrogens with zero attached hydrogens (tertiary/aromatic N) is 1. The Kier molecular flexibility index (Phi) is 4.32. The highest BCUT2D eigenvalue weighted by atomic mass is 16.1. The molecule has 0 aromatic heterocycles. The molecule has 1 amide bonds. The normalized spacial score (nSPS) is 35.8. The number of nitrogens with two attached hydrogens (primary N) is 1. The topological polar surface area (TPSA) is 58.4 Å². The van der Waals surface area contributed by atoms with Crippen molar-refractivity contribution in [3.05, 3.63) is 0 Å². The molecule has 1 atom stereocenters. The Bertz CT molecular complexity index is 344. The van der Waals surface area contributed by atoms with Crippen LogP contribution in [-0.4, -0.2) is 43.0 Å². The molecule has 2 bridgehead atoms. The first-order valence-electron chi connectivity index (χ1n) is 8.43. The molecule has 1 saturated carbocycles. The summed E-state index contributed by atoms with van der Waals surface area (Å²) in [5.41, 5.74) is 6.09. The fraction of sp³-hybridized carbons (Fsp3) is 0.938. The van der Waals surface area contributed by atoms with Crippen LogP contribution in [0.2, 0.25) is 0 Å². The van der Waals surface area contributed by atoms with E-state index in [-0.39, 0.29) is 11.3 Å². The van der Waals surface area contributed by atoms with Gasteiger partial charge in [-0.15, -0.1) is 0 Å². The molecule has 4 rings (SSSR count). The van der Waals surface area contributed by atoms with Gasteiger partial charge in [-0.25, -0.2) is 0 Å². The second kappa shape index (κ2) is 6.02. The maximum Gasteiger partial charge on any atom is 0.220 e. The fourth-order valence-corrected chi connectivity index (χ4v) is 4.48. The predicted molar refractivity (Wildman–Crippen MR) is 80.3 cm³/mol. The predicted octanol–water partition coefficient (Wildman–Crippen LogP) is 1.50. The first-order chi connectivity index (χ1) is 9.71. The van der Waals surface area contributed by atoms with E-state index in [1.54, 1.807) is 0 Å². The van der Waals surface area contributed by atoms with Crippen LogP contribution in [0.5, 0.6) is 0 Å². The molecule has 1 unspecified atom stereocenters. The number of fused-ring (bicyclic) bond motifs is 3. The van der Waals surface area contributed by atoms with Gasteiger partial charge >= 0.3 is 0 Å². The number of piperidine rings is 3. The van der Waals surface area contributed by atoms with Gasteiger partial charge in [0.15, 0.2) is 0 Å². The minimum Gasteiger partial charge on any atom is -0.352 e. The van der Waals surface area contributed by atoms with Crippen LogP contribution < -0.4 is 11.1 Å². The first-order valence-corrected chi connectivity index (χ1v) is 8.43. The van der Waals surface area contributed by atoms with Crippen molar-refractivity contribution in [2.45, 2.75) is 57.4 Å². The molecule has 3 aliphatic heterocycles. The largest absolute Gasteiger partial charge is 0.352 e. The van der Waals surface area contributed by atoms with Gasteiger partial charge in [-0.05, 0) is 56.7 Å². The van der Waals surface area contributed by atoms with Crippen molar-refractivity contribution in [1.29, 1.82) is 0 Å². The molecule has 4 aliphatic rings. The molecule has 0 radical (unpaired) electrons. The number of carbonyl (C=O) groups excluding carboxylic acids is 1. The Balaban J connectivity index is 1.54. The van der Waals surface area contributed by atoms with E-state index in [1.165, 1.54) is 45.2 Å². The van der Waals surface area contributed by atoms with Gasteiger partial charge in [-0.3, -0.25) is 4.79 Å². The quantitative estimate of drug-likeness (QED) is 0.820. The van der Waals surface area contributed by atoms with Gasteiger partial charge in [0.2, 0.25) is 5.91 Å². The van der Waals surface area contributed by atoms with Crippen molar-refractivity contribution >= 4 is 5.91 Å². The maximum atomic E-state index is 12.4. The Labute approximate surface area is 122 Å². The fourth-order valence-electron chi connectivity index (χ4n) is 4.48. The van der Waals surface area contributed by atoms with E-state index in [9.17, 15) is 4.79 Å². The van der Waals surface area contributed by atoms with Crippen LogP contribution in [-0.2, 0) is 4.79 Å². The minimum absolute atomic E-state index is 0.0936. The van der Waals surface area contributed by atoms with Crippen LogP contribution in [0.4, 0.5) is 0 Å². The third-order valence-electron chi connectivity index (χ3n) is 5.89. The van der Waals surface area contributed by atoms with E-state index in [2.05, 4.69) is 10.2 Å². The Morgan fingerprint density at radius 2 is 1.90 bits per heavy atom. The number of rotatable bonds is 4. The lowest BCUT2D eigenvalue weighted by molar-refractivity contribution is -0.126. The summed E-state index contributed by atoms with van der Waals surface area (Å²) in [7, 11) is 0. The second-order valence-electron chi connectivity index (χ2n) is 7.25. The van der Waals surface area contributed by atoms with Crippen LogP contribution in [0.25, 0.3) is 0 Å². The number of carbonyl (C=O) groups is 1. The highest BCUT2D eigenvalue weighted by molar-refractivity contribution is 5.77. The van der Waals surface area contributed by atoms with E-state index in [0.717, 1.165) is 19.4 Å². The standard InChI is InChI=1S/C16H29N3O/c17-12-16(6-2-1-3-7-16)10-15(20)18-14-11-19-8-4-13(14)5-9-19/h13-14H,1-12,17H2,(H,18,20). The van der Waals surface area contributed by atoms with Crippen LogP contribution in [0.1, 0.15) is 51.4 Å². The molecule has 1 aliphatic carbocycles. The van der Waals surface area contributed by atoms with Gasteiger partial charge < -0.3 is 16.0 Å². The van der Waals surface area contributed by atoms with Crippen molar-refractivity contribution in [2.24, 2.45) is 17.1 Å². The summed E-state index contributed by atoms with van der Waals surface area (Å²) < 4.78 is 0. The number of hydrogen-bond donors (Lipinski definition) is 2. The molecule has 0 aromatic rings. The van der Waals surface area contributed by atoms with Crippen LogP contribution in [0, 0.1) is 11.3 Å². The van der Waals surface area contributed by atoms with Gasteiger partial charge in [0.25, 0.3) is 0 Å². The van der Waals surface area contributed by atoms with Gasteiger partial charge in [0, 0.05) is 19.0 Å². The molecule has 3 saturated heterocycles. The number of nitrogens with one attached hydrogen (secondary N) is 1. The number of hydrogen-bond acceptors (Lipinski definition) is 3. The van der Waals surface area contributed by atoms with Crippen LogP contribution in [0.3, 0.4) is 0 Å². The van der Waals surface area contributed by atoms with E-state index in [1.807, 2.05) is 0 Å². The van der Waals surface area contributed by atoms with Crippen molar-refractivity contribution in [1.82, 2.24) is 10.2 Å². The van der Waals surface area contributed by atoms with Crippen LogP contribution >= 0.6 is 0 Å². The van der Waals surface area contributed by atoms with E-state index >= 15 is 0 Å². The molecule has 4 heteroatoms. The summed E-state index contributed by atoms with van der Waals surface area (Å²) in [4.78, 5) is 14.9. The molecule has 114 valence electrons. The lowest BCUT2D eigenvalue weighted by Crippen LogP contribution is -2.57. The number of amides is 1. The Morgan fingerprint density at radius 1 is 1.20 bits per heavy atom. The van der Waals surface area contributed by atoms with Gasteiger partial charge in [-0.2, -0.15) is 0 Å². The van der Waals surface area contributed by atoms with Crippen molar-refractivity contribution in [3.63, 3.8) is 0 Å². The minimum atomic E-state index is 0.0936. The van der Waals surface area contributed by atoms with Crippen molar-refractivity contribution in [3.8, 4) is 0 Å². The monoisotopic (exact) mass is 279 g/mol. The van der Waals surface area contributed by atoms with E-state index in [4.69, 9.17) is 5.73 Å². The molecule has 4 nitrogen and oxygen atoms in total. The molecule has 20 heavy (non-hydrogen) atoms. The summed E-state index contributed by atoms with van der Waals surface area (Å²) >= 11 is 0. The summed E-state index contributed by atoms with van der Waals surface area (Å²) in [5.74, 6) is 0.959. The maximum absolute atomic E-state index is 12.4. The molecular weight excluding hydrogens is 250 g/mol. The zero-order valence-electron chi connectivity index (χ0n) is 12.6. The van der Waals surface area contributed by atoms with Gasteiger partial charge in [0.05, 0.1) is 0 Å². The molecule has 3 heterocycles. The average Bonchev–Trinajstić information content (AvgIpc) is 2.49. The molecule has 0 aromatic carbocycles. The van der Waals surface area contributed by atoms with Crippen molar-refractivity contribution < 1.29 is 4.79 Å². The third-order valence-corrected chi connectivity index (χ3v) is 5.89. The summed E-state index contributed by atoms with van der Waals surface area (Å²) in [6.07, 6.45) is 9.22. The van der Waals surface area contributed by atoms with Crippen molar-refractivity contribution in [2.75, 3.05) is 26.2 Å². The van der Waals surface area contributed by atoms with Crippen LogP contribution in [0.15, 0.2) is 0 Å². The summed E-state index contributed by atoms with van der Waals surface area (Å²) in [5, 5.41) is 3.32. The average molecular weight is 279 g/mol. The summed E-state index contributed by atoms with van der Waals surface area (Å²) in [6.45, 7) is 4.18. The van der Waals surface area contributed by atoms with Gasteiger partial charge in [0.1, 0.15) is 0 Å². The molecule has 0 spiro atoms. The molecule has 3 N–H and O–H groups in total. The van der Waals surface area contributed by atoms with E-state index in [0.29, 0.717) is 24.9 Å². The SMILES string of the molecule is NCC1(CC(=O)NC2CN3CCC2CC3)CCCCC1. The highest BCUT2D eigenvalue weighted by Crippen LogP contribution is 2.38. The third kappa shape index (κ3) is 3.01. The zero-order chi connectivity index (χ0) is 14.0. The molecular formula is C16H29N3O.